The van der Waals surface area contributed by atoms with E-state index in [-0.39, 0.29) is 16.3 Å². The van der Waals surface area contributed by atoms with E-state index >= 15 is 0 Å². The molecular formula is C11H9N3O6S2. The average molecular weight is 343 g/mol. The first-order valence-corrected chi connectivity index (χ1v) is 8.23. The van der Waals surface area contributed by atoms with E-state index in [1.807, 2.05) is 0 Å². The molecule has 0 aliphatic carbocycles. The summed E-state index contributed by atoms with van der Waals surface area (Å²) in [6.45, 7) is 0. The zero-order chi connectivity index (χ0) is 16.3. The van der Waals surface area contributed by atoms with Crippen molar-refractivity contribution in [3.63, 3.8) is 0 Å². The third kappa shape index (κ3) is 3.56. The van der Waals surface area contributed by atoms with E-state index < -0.39 is 32.4 Å². The Morgan fingerprint density at radius 3 is 2.73 bits per heavy atom. The minimum absolute atomic E-state index is 0.00129. The number of hydrogen-bond acceptors (Lipinski definition) is 7. The molecule has 0 aliphatic rings. The van der Waals surface area contributed by atoms with Gasteiger partial charge in [0.05, 0.1) is 10.4 Å². The van der Waals surface area contributed by atoms with Gasteiger partial charge in [-0.25, -0.2) is 18.2 Å². The zero-order valence-electron chi connectivity index (χ0n) is 10.8. The lowest BCUT2D eigenvalue weighted by Crippen LogP contribution is -2.17. The fraction of sp³-hybridized carbons (Fsp3) is 0.0909. The van der Waals surface area contributed by atoms with Crippen LogP contribution >= 0.6 is 11.3 Å². The van der Waals surface area contributed by atoms with Crippen LogP contribution in [0.1, 0.15) is 16.1 Å². The number of hydrogen-bond donors (Lipinski definition) is 2. The van der Waals surface area contributed by atoms with Crippen molar-refractivity contribution in [1.29, 1.82) is 0 Å². The minimum Gasteiger partial charge on any atom is -0.476 e. The van der Waals surface area contributed by atoms with Crippen LogP contribution in [0.25, 0.3) is 0 Å². The number of carboxylic acids is 1. The van der Waals surface area contributed by atoms with E-state index in [1.165, 1.54) is 29.8 Å². The van der Waals surface area contributed by atoms with E-state index in [4.69, 9.17) is 5.11 Å². The second-order valence-electron chi connectivity index (χ2n) is 4.08. The largest absolute Gasteiger partial charge is 0.476 e. The molecule has 0 saturated carbocycles. The molecule has 2 N–H and O–H groups in total. The highest BCUT2D eigenvalue weighted by Crippen LogP contribution is 2.25. The van der Waals surface area contributed by atoms with Gasteiger partial charge in [0.2, 0.25) is 10.0 Å². The number of carboxylic acid groups (broad SMARTS) is 1. The molecule has 1 aromatic heterocycles. The molecule has 0 amide bonds. The standard InChI is InChI=1S/C11H9N3O6S2/c15-11(16)9-10(21-6-12-9)13-22(19,20)5-7-3-1-2-4-8(7)14(17)18/h1-4,6,13H,5H2,(H,15,16). The van der Waals surface area contributed by atoms with Crippen molar-refractivity contribution in [3.05, 3.63) is 51.1 Å². The number of aromatic carboxylic acids is 1. The Morgan fingerprint density at radius 1 is 1.41 bits per heavy atom. The molecule has 0 radical (unpaired) electrons. The molecule has 2 rings (SSSR count). The first kappa shape index (κ1) is 15.9. The number of nitro benzene ring substituents is 1. The molecule has 11 heteroatoms. The van der Waals surface area contributed by atoms with Crippen molar-refractivity contribution in [1.82, 2.24) is 4.98 Å². The Morgan fingerprint density at radius 2 is 2.09 bits per heavy atom. The van der Waals surface area contributed by atoms with E-state index in [2.05, 4.69) is 9.71 Å². The van der Waals surface area contributed by atoms with Crippen LogP contribution in [0.5, 0.6) is 0 Å². The van der Waals surface area contributed by atoms with Crippen molar-refractivity contribution in [3.8, 4) is 0 Å². The van der Waals surface area contributed by atoms with Gasteiger partial charge in [0, 0.05) is 11.6 Å². The van der Waals surface area contributed by atoms with Crippen LogP contribution in [-0.2, 0) is 15.8 Å². The number of nitro groups is 1. The lowest BCUT2D eigenvalue weighted by atomic mass is 10.2. The first-order chi connectivity index (χ1) is 10.3. The quantitative estimate of drug-likeness (QED) is 0.601. The van der Waals surface area contributed by atoms with Crippen molar-refractivity contribution in [2.24, 2.45) is 0 Å². The molecule has 0 spiro atoms. The Balaban J connectivity index is 2.27. The smallest absolute Gasteiger partial charge is 0.357 e. The summed E-state index contributed by atoms with van der Waals surface area (Å²) in [5.74, 6) is -2.02. The Labute approximate surface area is 128 Å². The fourth-order valence-corrected chi connectivity index (χ4v) is 3.86. The lowest BCUT2D eigenvalue weighted by Gasteiger charge is -2.07. The number of nitrogens with one attached hydrogen (secondary N) is 1. The van der Waals surface area contributed by atoms with E-state index in [1.54, 1.807) is 0 Å². The fourth-order valence-electron chi connectivity index (χ4n) is 1.66. The Kier molecular flexibility index (Phi) is 4.37. The molecule has 2 aromatic rings. The normalized spacial score (nSPS) is 11.1. The molecule has 22 heavy (non-hydrogen) atoms. The van der Waals surface area contributed by atoms with Gasteiger partial charge in [0.15, 0.2) is 5.69 Å². The zero-order valence-corrected chi connectivity index (χ0v) is 12.4. The first-order valence-electron chi connectivity index (χ1n) is 5.70. The molecule has 1 heterocycles. The van der Waals surface area contributed by atoms with Gasteiger partial charge in [0.25, 0.3) is 5.69 Å². The molecule has 0 fully saturated rings. The number of thiazole rings is 1. The Hall–Kier alpha value is -2.53. The molecule has 0 atom stereocenters. The summed E-state index contributed by atoms with van der Waals surface area (Å²) in [6.07, 6.45) is 0. The summed E-state index contributed by atoms with van der Waals surface area (Å²) >= 11 is 0.810. The van der Waals surface area contributed by atoms with Crippen LogP contribution in [0, 0.1) is 10.1 Å². The van der Waals surface area contributed by atoms with Crippen molar-refractivity contribution in [2.75, 3.05) is 4.72 Å². The summed E-state index contributed by atoms with van der Waals surface area (Å²) < 4.78 is 26.2. The maximum atomic E-state index is 12.1. The number of carbonyl (C=O) groups is 1. The summed E-state index contributed by atoms with van der Waals surface area (Å²) in [5.41, 5.74) is 0.444. The summed E-state index contributed by atoms with van der Waals surface area (Å²) in [4.78, 5) is 24.6. The van der Waals surface area contributed by atoms with E-state index in [0.29, 0.717) is 0 Å². The van der Waals surface area contributed by atoms with E-state index in [9.17, 15) is 23.3 Å². The third-order valence-corrected chi connectivity index (χ3v) is 4.63. The second kappa shape index (κ2) is 6.07. The van der Waals surface area contributed by atoms with E-state index in [0.717, 1.165) is 11.3 Å². The SMILES string of the molecule is O=C(O)c1ncsc1NS(=O)(=O)Cc1ccccc1[N+](=O)[O-]. The van der Waals surface area contributed by atoms with Crippen LogP contribution in [0.4, 0.5) is 10.7 Å². The van der Waals surface area contributed by atoms with Crippen molar-refractivity contribution < 1.29 is 23.2 Å². The molecular weight excluding hydrogens is 334 g/mol. The lowest BCUT2D eigenvalue weighted by molar-refractivity contribution is -0.385. The van der Waals surface area contributed by atoms with Crippen molar-refractivity contribution in [2.45, 2.75) is 5.75 Å². The van der Waals surface area contributed by atoms with Crippen LogP contribution in [0.2, 0.25) is 0 Å². The maximum absolute atomic E-state index is 12.1. The predicted octanol–water partition coefficient (Wildman–Crippen LogP) is 1.69. The topological polar surface area (TPSA) is 140 Å². The van der Waals surface area contributed by atoms with Gasteiger partial charge in [-0.05, 0) is 0 Å². The molecule has 9 nitrogen and oxygen atoms in total. The number of benzene rings is 1. The number of nitrogens with zero attached hydrogens (tertiary/aromatic N) is 2. The summed E-state index contributed by atoms with van der Waals surface area (Å²) in [7, 11) is -4.02. The average Bonchev–Trinajstić information content (AvgIpc) is 2.85. The van der Waals surface area contributed by atoms with Gasteiger partial charge >= 0.3 is 5.97 Å². The molecule has 0 bridgehead atoms. The number of anilines is 1. The highest BCUT2D eigenvalue weighted by Gasteiger charge is 2.23. The van der Waals surface area contributed by atoms with Gasteiger partial charge < -0.3 is 5.11 Å². The van der Waals surface area contributed by atoms with Gasteiger partial charge in [-0.15, -0.1) is 11.3 Å². The maximum Gasteiger partial charge on any atom is 0.357 e. The van der Waals surface area contributed by atoms with Gasteiger partial charge in [-0.1, -0.05) is 18.2 Å². The third-order valence-electron chi connectivity index (χ3n) is 2.55. The van der Waals surface area contributed by atoms with Crippen LogP contribution in [0.3, 0.4) is 0 Å². The summed E-state index contributed by atoms with van der Waals surface area (Å²) in [5, 5.41) is 19.6. The number of para-hydroxylation sites is 1. The molecule has 0 unspecified atom stereocenters. The number of rotatable bonds is 6. The predicted molar refractivity (Wildman–Crippen MR) is 78.4 cm³/mol. The highest BCUT2D eigenvalue weighted by molar-refractivity contribution is 7.92. The van der Waals surface area contributed by atoms with Crippen LogP contribution in [0.15, 0.2) is 29.8 Å². The monoisotopic (exact) mass is 343 g/mol. The highest BCUT2D eigenvalue weighted by atomic mass is 32.2. The van der Waals surface area contributed by atoms with Gasteiger partial charge in [-0.3, -0.25) is 14.8 Å². The molecule has 116 valence electrons. The molecule has 0 aliphatic heterocycles. The minimum atomic E-state index is -4.02. The summed E-state index contributed by atoms with van der Waals surface area (Å²) in [6, 6.07) is 5.42. The van der Waals surface area contributed by atoms with Crippen LogP contribution < -0.4 is 4.72 Å². The van der Waals surface area contributed by atoms with Crippen LogP contribution in [-0.4, -0.2) is 29.4 Å². The van der Waals surface area contributed by atoms with Crippen molar-refractivity contribution >= 4 is 38.0 Å². The molecule has 1 aromatic carbocycles. The van der Waals surface area contributed by atoms with Gasteiger partial charge in [0.1, 0.15) is 10.8 Å². The number of aromatic nitrogens is 1. The van der Waals surface area contributed by atoms with Gasteiger partial charge in [-0.2, -0.15) is 0 Å². The Bertz CT molecular complexity index is 830. The number of sulfonamides is 1. The molecule has 0 saturated heterocycles. The second-order valence-corrected chi connectivity index (χ2v) is 6.66.